The molecule has 1 amide bonds. The molecule has 1 aromatic heterocycles. The second kappa shape index (κ2) is 9.30. The van der Waals surface area contributed by atoms with E-state index in [0.717, 1.165) is 27.3 Å². The lowest BCUT2D eigenvalue weighted by molar-refractivity contribution is 0.0963. The Morgan fingerprint density at radius 3 is 2.65 bits per heavy atom. The van der Waals surface area contributed by atoms with Gasteiger partial charge < -0.3 is 5.32 Å². The maximum atomic E-state index is 13.4. The van der Waals surface area contributed by atoms with Gasteiger partial charge in [-0.25, -0.2) is 4.39 Å². The zero-order valence-electron chi connectivity index (χ0n) is 15.1. The third kappa shape index (κ3) is 4.38. The fourth-order valence-electron chi connectivity index (χ4n) is 2.82. The highest BCUT2D eigenvalue weighted by atomic mass is 32.1. The predicted octanol–water partition coefficient (Wildman–Crippen LogP) is 6.17. The molecule has 1 heterocycles. The molecular formula is C22H24FNOS. The molecule has 0 spiro atoms. The van der Waals surface area contributed by atoms with E-state index in [9.17, 15) is 9.18 Å². The van der Waals surface area contributed by atoms with Crippen molar-refractivity contribution in [1.82, 2.24) is 5.32 Å². The zero-order valence-corrected chi connectivity index (χ0v) is 15.9. The number of allylic oxidation sites excluding steroid dienone is 7. The van der Waals surface area contributed by atoms with Gasteiger partial charge in [0, 0.05) is 28.8 Å². The molecule has 1 aromatic rings. The van der Waals surface area contributed by atoms with Crippen LogP contribution in [0.3, 0.4) is 0 Å². The minimum Gasteiger partial charge on any atom is -0.355 e. The molecule has 1 atom stereocenters. The van der Waals surface area contributed by atoms with Crippen LogP contribution in [0.15, 0.2) is 55.9 Å². The summed E-state index contributed by atoms with van der Waals surface area (Å²) in [6.07, 6.45) is 14.4. The first-order chi connectivity index (χ1) is 12.5. The van der Waals surface area contributed by atoms with Crippen molar-refractivity contribution in [2.75, 3.05) is 7.05 Å². The summed E-state index contributed by atoms with van der Waals surface area (Å²) in [6.45, 7) is 11.5. The lowest BCUT2D eigenvalue weighted by Gasteiger charge is -2.11. The molecule has 4 heteroatoms. The number of amides is 1. The van der Waals surface area contributed by atoms with Crippen LogP contribution in [0.5, 0.6) is 0 Å². The molecule has 1 N–H and O–H groups in total. The van der Waals surface area contributed by atoms with Crippen molar-refractivity contribution in [3.05, 3.63) is 76.8 Å². The van der Waals surface area contributed by atoms with Gasteiger partial charge in [0.25, 0.3) is 5.91 Å². The highest BCUT2D eigenvalue weighted by Gasteiger charge is 2.23. The van der Waals surface area contributed by atoms with Gasteiger partial charge in [-0.3, -0.25) is 4.79 Å². The normalized spacial score (nSPS) is 15.2. The monoisotopic (exact) mass is 369 g/mol. The van der Waals surface area contributed by atoms with Crippen LogP contribution in [-0.2, 0) is 0 Å². The lowest BCUT2D eigenvalue weighted by atomic mass is 9.96. The Kier molecular flexibility index (Phi) is 7.10. The van der Waals surface area contributed by atoms with Gasteiger partial charge in [-0.1, -0.05) is 43.0 Å². The van der Waals surface area contributed by atoms with E-state index in [1.807, 2.05) is 24.3 Å². The maximum absolute atomic E-state index is 13.4. The molecule has 0 radical (unpaired) electrons. The van der Waals surface area contributed by atoms with Crippen molar-refractivity contribution in [2.24, 2.45) is 5.92 Å². The van der Waals surface area contributed by atoms with E-state index in [-0.39, 0.29) is 17.7 Å². The van der Waals surface area contributed by atoms with E-state index in [1.165, 1.54) is 17.4 Å². The number of rotatable bonds is 8. The average Bonchev–Trinajstić information content (AvgIpc) is 3.03. The molecule has 0 aromatic carbocycles. The third-order valence-corrected chi connectivity index (χ3v) is 5.53. The topological polar surface area (TPSA) is 29.1 Å². The molecule has 1 aliphatic rings. The predicted molar refractivity (Wildman–Crippen MR) is 112 cm³/mol. The van der Waals surface area contributed by atoms with Crippen molar-refractivity contribution in [2.45, 2.75) is 19.3 Å². The van der Waals surface area contributed by atoms with Gasteiger partial charge >= 0.3 is 0 Å². The second-order valence-corrected chi connectivity index (χ2v) is 7.01. The summed E-state index contributed by atoms with van der Waals surface area (Å²) in [4.78, 5) is 14.4. The molecule has 2 rings (SSSR count). The van der Waals surface area contributed by atoms with Gasteiger partial charge in [0.2, 0.25) is 0 Å². The minimum absolute atomic E-state index is 0.130. The van der Waals surface area contributed by atoms with Crippen LogP contribution in [0.25, 0.3) is 17.7 Å². The van der Waals surface area contributed by atoms with Crippen LogP contribution in [-0.4, -0.2) is 13.0 Å². The number of carbonyl (C=O) groups is 1. The van der Waals surface area contributed by atoms with Crippen LogP contribution in [0.2, 0.25) is 0 Å². The number of hydrogen-bond donors (Lipinski definition) is 1. The van der Waals surface area contributed by atoms with E-state index in [4.69, 9.17) is 0 Å². The molecule has 2 nitrogen and oxygen atoms in total. The van der Waals surface area contributed by atoms with Gasteiger partial charge in [0.05, 0.1) is 5.56 Å². The Morgan fingerprint density at radius 1 is 1.35 bits per heavy atom. The molecule has 136 valence electrons. The van der Waals surface area contributed by atoms with Gasteiger partial charge in [0.1, 0.15) is 5.83 Å². The fraction of sp³-hybridized carbons (Fsp3) is 0.227. The van der Waals surface area contributed by atoms with Crippen molar-refractivity contribution < 1.29 is 9.18 Å². The highest BCUT2D eigenvalue weighted by molar-refractivity contribution is 7.14. The Labute approximate surface area is 158 Å². The first-order valence-electron chi connectivity index (χ1n) is 8.54. The first kappa shape index (κ1) is 19.9. The van der Waals surface area contributed by atoms with Gasteiger partial charge in [-0.2, -0.15) is 0 Å². The molecule has 0 aliphatic heterocycles. The summed E-state index contributed by atoms with van der Waals surface area (Å²) in [7, 11) is 1.62. The molecule has 0 fully saturated rings. The lowest BCUT2D eigenvalue weighted by Crippen LogP contribution is -2.19. The average molecular weight is 370 g/mol. The third-order valence-electron chi connectivity index (χ3n) is 4.26. The standard InChI is InChI=1S/C22H24FNOS/c1-5-8-15(6-2)9-14-18-19(7-3)26-21(20(18)22(25)24-4)16-10-12-17(23)13-11-16/h5-7,9-10,12,14-15H,1-3,8,11,13H2,4H3,(H,24,25)/b14-9+. The Balaban J connectivity index is 2.58. The molecule has 1 unspecified atom stereocenters. The maximum Gasteiger partial charge on any atom is 0.253 e. The SMILES string of the molecule is C=CCC(C=C)/C=C/c1c(C=C)sc(C2=CC=C(F)CC2)c1C(=O)NC. The number of thiophene rings is 1. The van der Waals surface area contributed by atoms with E-state index in [1.54, 1.807) is 19.2 Å². The van der Waals surface area contributed by atoms with E-state index in [0.29, 0.717) is 18.4 Å². The van der Waals surface area contributed by atoms with Crippen molar-refractivity contribution in [1.29, 1.82) is 0 Å². The molecular weight excluding hydrogens is 345 g/mol. The van der Waals surface area contributed by atoms with Gasteiger partial charge in [-0.15, -0.1) is 24.5 Å². The summed E-state index contributed by atoms with van der Waals surface area (Å²) in [6, 6.07) is 0. The van der Waals surface area contributed by atoms with Crippen molar-refractivity contribution in [3.63, 3.8) is 0 Å². The minimum atomic E-state index is -0.154. The summed E-state index contributed by atoms with van der Waals surface area (Å²) in [5, 5.41) is 2.72. The Morgan fingerprint density at radius 2 is 2.12 bits per heavy atom. The van der Waals surface area contributed by atoms with E-state index in [2.05, 4.69) is 25.1 Å². The summed E-state index contributed by atoms with van der Waals surface area (Å²) >= 11 is 1.51. The highest BCUT2D eigenvalue weighted by Crippen LogP contribution is 2.39. The number of carbonyl (C=O) groups excluding carboxylic acids is 1. The number of hydrogen-bond acceptors (Lipinski definition) is 2. The molecule has 0 bridgehead atoms. The number of nitrogens with one attached hydrogen (secondary N) is 1. The van der Waals surface area contributed by atoms with Gasteiger partial charge in [0.15, 0.2) is 0 Å². The first-order valence-corrected chi connectivity index (χ1v) is 9.35. The summed E-state index contributed by atoms with van der Waals surface area (Å²) in [5.74, 6) is -0.134. The van der Waals surface area contributed by atoms with Crippen LogP contribution in [0.4, 0.5) is 4.39 Å². The van der Waals surface area contributed by atoms with Crippen molar-refractivity contribution in [3.8, 4) is 0 Å². The van der Waals surface area contributed by atoms with Crippen LogP contribution in [0, 0.1) is 5.92 Å². The molecule has 0 saturated carbocycles. The van der Waals surface area contributed by atoms with Crippen molar-refractivity contribution >= 4 is 35.0 Å². The molecule has 1 aliphatic carbocycles. The van der Waals surface area contributed by atoms with Crippen LogP contribution >= 0.6 is 11.3 Å². The fourth-order valence-corrected chi connectivity index (χ4v) is 4.01. The second-order valence-electron chi connectivity index (χ2n) is 5.96. The Bertz CT molecular complexity index is 810. The molecule has 0 saturated heterocycles. The summed E-state index contributed by atoms with van der Waals surface area (Å²) < 4.78 is 13.4. The van der Waals surface area contributed by atoms with E-state index >= 15 is 0 Å². The zero-order chi connectivity index (χ0) is 19.1. The van der Waals surface area contributed by atoms with Crippen LogP contribution in [0.1, 0.15) is 44.9 Å². The van der Waals surface area contributed by atoms with E-state index < -0.39 is 0 Å². The quantitative estimate of drug-likeness (QED) is 0.545. The molecule has 26 heavy (non-hydrogen) atoms. The largest absolute Gasteiger partial charge is 0.355 e. The smallest absolute Gasteiger partial charge is 0.253 e. The van der Waals surface area contributed by atoms with Gasteiger partial charge in [-0.05, 0) is 30.4 Å². The van der Waals surface area contributed by atoms with Crippen LogP contribution < -0.4 is 5.32 Å². The summed E-state index contributed by atoms with van der Waals surface area (Å²) in [5.41, 5.74) is 2.43. The number of halogens is 1. The Hall–Kier alpha value is -2.46.